The van der Waals surface area contributed by atoms with Crippen LogP contribution < -0.4 is 0 Å². The minimum absolute atomic E-state index is 0.204. The van der Waals surface area contributed by atoms with Gasteiger partial charge in [-0.25, -0.2) is 0 Å². The Balaban J connectivity index is 0.000000420. The Hall–Kier alpha value is -0.900. The Bertz CT molecular complexity index is 402. The molecule has 0 radical (unpaired) electrons. The van der Waals surface area contributed by atoms with Crippen LogP contribution >= 0.6 is 0 Å². The Morgan fingerprint density at radius 3 is 2.04 bits per heavy atom. The second kappa shape index (κ2) is 11.7. The van der Waals surface area contributed by atoms with E-state index in [-0.39, 0.29) is 5.92 Å². The van der Waals surface area contributed by atoms with E-state index in [2.05, 4.69) is 16.7 Å². The molecule has 1 aliphatic heterocycles. The molecule has 26 heavy (non-hydrogen) atoms. The lowest BCUT2D eigenvalue weighted by atomic mass is 9.54. The Kier molecular flexibility index (Phi) is 10.4. The fourth-order valence-corrected chi connectivity index (χ4v) is 4.11. The van der Waals surface area contributed by atoms with E-state index in [1.165, 1.54) is 32.1 Å². The van der Waals surface area contributed by atoms with E-state index < -0.39 is 0 Å². The van der Waals surface area contributed by atoms with Crippen molar-refractivity contribution in [3.05, 3.63) is 0 Å². The first-order chi connectivity index (χ1) is 12.5. The van der Waals surface area contributed by atoms with Gasteiger partial charge in [0.05, 0.1) is 0 Å². The number of unbranched alkanes of at least 4 members (excludes halogenated alkanes) is 1. The van der Waals surface area contributed by atoms with Crippen molar-refractivity contribution in [1.82, 2.24) is 9.80 Å². The molecule has 0 N–H and O–H groups in total. The summed E-state index contributed by atoms with van der Waals surface area (Å²) in [7, 11) is 0. The zero-order valence-electron chi connectivity index (χ0n) is 17.9. The SMILES string of the molecule is CC.CC(C)C=O.CCCCC(=O)N1CCN(C2CC3(CCC3)C2)CC1. The topological polar surface area (TPSA) is 40.6 Å². The van der Waals surface area contributed by atoms with Gasteiger partial charge in [0.2, 0.25) is 5.91 Å². The molecule has 0 aromatic rings. The van der Waals surface area contributed by atoms with Gasteiger partial charge in [-0.05, 0) is 37.5 Å². The van der Waals surface area contributed by atoms with Gasteiger partial charge in [-0.15, -0.1) is 0 Å². The third-order valence-corrected chi connectivity index (χ3v) is 5.95. The van der Waals surface area contributed by atoms with E-state index in [9.17, 15) is 9.59 Å². The van der Waals surface area contributed by atoms with Crippen LogP contribution in [0.5, 0.6) is 0 Å². The van der Waals surface area contributed by atoms with Gasteiger partial charge in [-0.1, -0.05) is 47.5 Å². The number of piperazine rings is 1. The summed E-state index contributed by atoms with van der Waals surface area (Å²) >= 11 is 0. The van der Waals surface area contributed by atoms with Crippen molar-refractivity contribution in [2.45, 2.75) is 92.0 Å². The van der Waals surface area contributed by atoms with E-state index in [0.29, 0.717) is 5.91 Å². The molecule has 0 unspecified atom stereocenters. The zero-order valence-corrected chi connectivity index (χ0v) is 17.9. The molecule has 1 saturated heterocycles. The van der Waals surface area contributed by atoms with Crippen LogP contribution in [0.1, 0.15) is 86.0 Å². The maximum atomic E-state index is 12.0. The largest absolute Gasteiger partial charge is 0.340 e. The van der Waals surface area contributed by atoms with Crippen LogP contribution in [0.15, 0.2) is 0 Å². The number of hydrogen-bond acceptors (Lipinski definition) is 3. The molecule has 0 aromatic heterocycles. The highest BCUT2D eigenvalue weighted by molar-refractivity contribution is 5.76. The number of carbonyl (C=O) groups excluding carboxylic acids is 2. The molecule has 0 aromatic carbocycles. The maximum Gasteiger partial charge on any atom is 0.222 e. The summed E-state index contributed by atoms with van der Waals surface area (Å²) in [6.07, 6.45) is 11.2. The average molecular weight is 367 g/mol. The van der Waals surface area contributed by atoms with Crippen LogP contribution in [-0.2, 0) is 9.59 Å². The normalized spacial score (nSPS) is 21.7. The summed E-state index contributed by atoms with van der Waals surface area (Å²) in [6.45, 7) is 14.0. The second-order valence-corrected chi connectivity index (χ2v) is 8.32. The van der Waals surface area contributed by atoms with Gasteiger partial charge in [-0.2, -0.15) is 0 Å². The molecule has 3 fully saturated rings. The third kappa shape index (κ3) is 6.68. The van der Waals surface area contributed by atoms with E-state index in [1.807, 2.05) is 27.7 Å². The standard InChI is InChI=1S/C16H28N2O.C4H8O.C2H6/c1-2-3-5-15(19)18-10-8-17(9-11-18)14-12-16(13-14)6-4-7-16;1-4(2)3-5;1-2/h14H,2-13H2,1H3;3-4H,1-2H3;1-2H3. The molecule has 1 heterocycles. The predicted molar refractivity (Wildman–Crippen MR) is 109 cm³/mol. The summed E-state index contributed by atoms with van der Waals surface area (Å²) < 4.78 is 0. The first-order valence-corrected chi connectivity index (χ1v) is 11.0. The Morgan fingerprint density at radius 2 is 1.65 bits per heavy atom. The van der Waals surface area contributed by atoms with Gasteiger partial charge in [0.25, 0.3) is 0 Å². The van der Waals surface area contributed by atoms with E-state index in [0.717, 1.165) is 63.2 Å². The fourth-order valence-electron chi connectivity index (χ4n) is 4.11. The highest BCUT2D eigenvalue weighted by Gasteiger charge is 2.50. The molecular formula is C22H42N2O2. The molecule has 4 nitrogen and oxygen atoms in total. The summed E-state index contributed by atoms with van der Waals surface area (Å²) in [6, 6.07) is 0.841. The van der Waals surface area contributed by atoms with Crippen molar-refractivity contribution in [1.29, 1.82) is 0 Å². The van der Waals surface area contributed by atoms with Crippen molar-refractivity contribution in [3.63, 3.8) is 0 Å². The Morgan fingerprint density at radius 1 is 1.12 bits per heavy atom. The van der Waals surface area contributed by atoms with Crippen LogP contribution in [0.3, 0.4) is 0 Å². The number of nitrogens with zero attached hydrogens (tertiary/aromatic N) is 2. The lowest BCUT2D eigenvalue weighted by Gasteiger charge is -2.58. The number of amides is 1. The average Bonchev–Trinajstić information content (AvgIpc) is 2.60. The second-order valence-electron chi connectivity index (χ2n) is 8.32. The minimum Gasteiger partial charge on any atom is -0.340 e. The highest BCUT2D eigenvalue weighted by Crippen LogP contribution is 2.57. The van der Waals surface area contributed by atoms with Gasteiger partial charge in [-0.3, -0.25) is 9.69 Å². The molecule has 152 valence electrons. The van der Waals surface area contributed by atoms with E-state index >= 15 is 0 Å². The lowest BCUT2D eigenvalue weighted by Crippen LogP contribution is -2.59. The van der Waals surface area contributed by atoms with E-state index in [1.54, 1.807) is 0 Å². The van der Waals surface area contributed by atoms with Crippen LogP contribution in [-0.4, -0.2) is 54.2 Å². The molecule has 4 heteroatoms. The first-order valence-electron chi connectivity index (χ1n) is 11.0. The first kappa shape index (κ1) is 23.1. The number of hydrogen-bond donors (Lipinski definition) is 0. The molecule has 3 aliphatic rings. The summed E-state index contributed by atoms with van der Waals surface area (Å²) in [4.78, 5) is 26.2. The third-order valence-electron chi connectivity index (χ3n) is 5.95. The zero-order chi connectivity index (χ0) is 19.6. The fraction of sp³-hybridized carbons (Fsp3) is 0.909. The lowest BCUT2D eigenvalue weighted by molar-refractivity contribution is -0.135. The number of carbonyl (C=O) groups is 2. The van der Waals surface area contributed by atoms with E-state index in [4.69, 9.17) is 0 Å². The quantitative estimate of drug-likeness (QED) is 0.672. The molecular weight excluding hydrogens is 324 g/mol. The Labute approximate surface area is 161 Å². The van der Waals surface area contributed by atoms with Gasteiger partial charge < -0.3 is 9.69 Å². The van der Waals surface area contributed by atoms with Crippen LogP contribution in [0, 0.1) is 11.3 Å². The highest BCUT2D eigenvalue weighted by atomic mass is 16.2. The summed E-state index contributed by atoms with van der Waals surface area (Å²) in [5.41, 5.74) is 0.777. The molecule has 2 aliphatic carbocycles. The van der Waals surface area contributed by atoms with Gasteiger partial charge >= 0.3 is 0 Å². The van der Waals surface area contributed by atoms with Crippen molar-refractivity contribution >= 4 is 12.2 Å². The van der Waals surface area contributed by atoms with Crippen molar-refractivity contribution in [2.75, 3.05) is 26.2 Å². The predicted octanol–water partition coefficient (Wildman–Crippen LogP) is 4.52. The van der Waals surface area contributed by atoms with Crippen LogP contribution in [0.25, 0.3) is 0 Å². The van der Waals surface area contributed by atoms with Crippen molar-refractivity contribution < 1.29 is 9.59 Å². The number of rotatable bonds is 5. The van der Waals surface area contributed by atoms with Crippen molar-refractivity contribution in [3.8, 4) is 0 Å². The van der Waals surface area contributed by atoms with Crippen molar-refractivity contribution in [2.24, 2.45) is 11.3 Å². The molecule has 1 amide bonds. The molecule has 0 bridgehead atoms. The molecule has 1 spiro atoms. The monoisotopic (exact) mass is 366 g/mol. The number of aldehydes is 1. The maximum absolute atomic E-state index is 12.0. The van der Waals surface area contributed by atoms with Crippen LogP contribution in [0.4, 0.5) is 0 Å². The summed E-state index contributed by atoms with van der Waals surface area (Å²) in [5, 5.41) is 0. The molecule has 2 saturated carbocycles. The summed E-state index contributed by atoms with van der Waals surface area (Å²) in [5.74, 6) is 0.584. The van der Waals surface area contributed by atoms with Gasteiger partial charge in [0.15, 0.2) is 0 Å². The van der Waals surface area contributed by atoms with Gasteiger partial charge in [0, 0.05) is 44.6 Å². The molecule has 3 rings (SSSR count). The van der Waals surface area contributed by atoms with Crippen LogP contribution in [0.2, 0.25) is 0 Å². The minimum atomic E-state index is 0.204. The van der Waals surface area contributed by atoms with Gasteiger partial charge in [0.1, 0.15) is 6.29 Å². The molecule has 0 atom stereocenters. The smallest absolute Gasteiger partial charge is 0.222 e.